The van der Waals surface area contributed by atoms with Gasteiger partial charge < -0.3 is 10.6 Å². The number of amides is 2. The number of hydrogen-bond donors (Lipinski definition) is 2. The van der Waals surface area contributed by atoms with E-state index in [1.807, 2.05) is 12.1 Å². The number of benzene rings is 2. The van der Waals surface area contributed by atoms with Crippen LogP contribution in [0, 0.1) is 5.82 Å². The number of carbonyl (C=O) groups excluding carboxylic acids is 2. The van der Waals surface area contributed by atoms with Gasteiger partial charge >= 0.3 is 11.8 Å². The molecule has 0 bridgehead atoms. The Balaban J connectivity index is 1.83. The monoisotopic (exact) mass is 398 g/mol. The van der Waals surface area contributed by atoms with E-state index in [-0.39, 0.29) is 12.2 Å². The molecule has 0 aromatic heterocycles. The van der Waals surface area contributed by atoms with E-state index in [4.69, 9.17) is 11.6 Å². The lowest BCUT2D eigenvalue weighted by molar-refractivity contribution is -0.136. The maximum Gasteiger partial charge on any atom is 0.313 e. The normalized spacial score (nSPS) is 10.2. The largest absolute Gasteiger partial charge is 0.347 e. The van der Waals surface area contributed by atoms with Gasteiger partial charge in [0.05, 0.1) is 5.69 Å². The summed E-state index contributed by atoms with van der Waals surface area (Å²) in [6.45, 7) is 0.288. The maximum atomic E-state index is 13.6. The maximum absolute atomic E-state index is 13.6. The fourth-order valence-electron chi connectivity index (χ4n) is 1.82. The molecule has 2 rings (SSSR count). The molecule has 23 heavy (non-hydrogen) atoms. The molecule has 4 nitrogen and oxygen atoms in total. The minimum absolute atomic E-state index is 0.0500. The van der Waals surface area contributed by atoms with Crippen LogP contribution in [0.2, 0.25) is 5.02 Å². The summed E-state index contributed by atoms with van der Waals surface area (Å²) < 4.78 is 14.1. The quantitative estimate of drug-likeness (QED) is 0.773. The van der Waals surface area contributed by atoms with E-state index in [1.165, 1.54) is 12.1 Å². The summed E-state index contributed by atoms with van der Waals surface area (Å²) in [5, 5.41) is 5.34. The second kappa shape index (κ2) is 8.08. The molecule has 0 fully saturated rings. The van der Waals surface area contributed by atoms with Crippen LogP contribution in [0.4, 0.5) is 10.1 Å². The lowest BCUT2D eigenvalue weighted by Crippen LogP contribution is -2.36. The highest BCUT2D eigenvalue weighted by Gasteiger charge is 2.15. The summed E-state index contributed by atoms with van der Waals surface area (Å²) in [6.07, 6.45) is 0.558. The fraction of sp³-hybridized carbons (Fsp3) is 0.125. The van der Waals surface area contributed by atoms with Crippen LogP contribution in [-0.2, 0) is 16.0 Å². The van der Waals surface area contributed by atoms with Crippen molar-refractivity contribution in [3.8, 4) is 0 Å². The summed E-state index contributed by atoms with van der Waals surface area (Å²) in [4.78, 5) is 23.4. The molecule has 2 aromatic rings. The van der Waals surface area contributed by atoms with E-state index in [9.17, 15) is 14.0 Å². The Morgan fingerprint density at radius 2 is 1.78 bits per heavy atom. The van der Waals surface area contributed by atoms with Crippen molar-refractivity contribution in [1.82, 2.24) is 5.32 Å². The number of anilines is 1. The highest BCUT2D eigenvalue weighted by atomic mass is 79.9. The van der Waals surface area contributed by atoms with Crippen molar-refractivity contribution in [2.24, 2.45) is 0 Å². The molecule has 2 aromatic carbocycles. The number of nitrogens with one attached hydrogen (secondary N) is 2. The van der Waals surface area contributed by atoms with Crippen molar-refractivity contribution in [2.45, 2.75) is 6.42 Å². The van der Waals surface area contributed by atoms with Crippen LogP contribution >= 0.6 is 27.5 Å². The second-order valence-electron chi connectivity index (χ2n) is 4.71. The Hall–Kier alpha value is -1.92. The Bertz CT molecular complexity index is 723. The number of carbonyl (C=O) groups is 2. The van der Waals surface area contributed by atoms with Gasteiger partial charge in [0.1, 0.15) is 5.82 Å². The molecule has 0 aliphatic carbocycles. The van der Waals surface area contributed by atoms with Crippen LogP contribution in [0.25, 0.3) is 0 Å². The molecule has 0 saturated heterocycles. The number of rotatable bonds is 4. The van der Waals surface area contributed by atoms with Crippen LogP contribution < -0.4 is 10.6 Å². The van der Waals surface area contributed by atoms with Gasteiger partial charge in [0.2, 0.25) is 0 Å². The first-order valence-electron chi connectivity index (χ1n) is 6.74. The zero-order valence-electron chi connectivity index (χ0n) is 11.9. The van der Waals surface area contributed by atoms with Crippen LogP contribution in [0.15, 0.2) is 46.9 Å². The topological polar surface area (TPSA) is 58.2 Å². The minimum Gasteiger partial charge on any atom is -0.347 e. The zero-order valence-corrected chi connectivity index (χ0v) is 14.2. The third-order valence-corrected chi connectivity index (χ3v) is 3.74. The summed E-state index contributed by atoms with van der Waals surface area (Å²) in [7, 11) is 0. The molecule has 0 saturated carbocycles. The minimum atomic E-state index is -0.915. The van der Waals surface area contributed by atoms with Crippen molar-refractivity contribution < 1.29 is 14.0 Å². The van der Waals surface area contributed by atoms with Gasteiger partial charge in [-0.3, -0.25) is 9.59 Å². The van der Waals surface area contributed by atoms with E-state index >= 15 is 0 Å². The number of halogens is 3. The van der Waals surface area contributed by atoms with Gasteiger partial charge in [-0.15, -0.1) is 0 Å². The molecule has 120 valence electrons. The van der Waals surface area contributed by atoms with E-state index in [0.29, 0.717) is 15.9 Å². The van der Waals surface area contributed by atoms with Gasteiger partial charge in [-0.1, -0.05) is 39.7 Å². The zero-order chi connectivity index (χ0) is 16.8. The van der Waals surface area contributed by atoms with Gasteiger partial charge in [0.25, 0.3) is 0 Å². The van der Waals surface area contributed by atoms with Gasteiger partial charge in [-0.2, -0.15) is 0 Å². The van der Waals surface area contributed by atoms with Crippen LogP contribution in [-0.4, -0.2) is 18.4 Å². The van der Waals surface area contributed by atoms with Crippen molar-refractivity contribution >= 4 is 45.0 Å². The molecule has 0 heterocycles. The lowest BCUT2D eigenvalue weighted by atomic mass is 10.1. The Morgan fingerprint density at radius 1 is 1.09 bits per heavy atom. The van der Waals surface area contributed by atoms with Crippen LogP contribution in [0.1, 0.15) is 5.56 Å². The lowest BCUT2D eigenvalue weighted by Gasteiger charge is -2.08. The molecular formula is C16H13BrClFN2O2. The average Bonchev–Trinajstić information content (AvgIpc) is 2.51. The van der Waals surface area contributed by atoms with E-state index in [2.05, 4.69) is 26.6 Å². The van der Waals surface area contributed by atoms with E-state index in [1.54, 1.807) is 18.2 Å². The molecule has 2 amide bonds. The third-order valence-electron chi connectivity index (χ3n) is 3.00. The third kappa shape index (κ3) is 5.33. The van der Waals surface area contributed by atoms with Crippen LogP contribution in [0.3, 0.4) is 0 Å². The summed E-state index contributed by atoms with van der Waals surface area (Å²) in [5.74, 6) is -2.36. The molecule has 7 heteroatoms. The smallest absolute Gasteiger partial charge is 0.313 e. The predicted octanol–water partition coefficient (Wildman–Crippen LogP) is 3.54. The summed E-state index contributed by atoms with van der Waals surface area (Å²) in [5.41, 5.74) is 0.931. The molecule has 0 unspecified atom stereocenters. The van der Waals surface area contributed by atoms with Crippen molar-refractivity contribution in [1.29, 1.82) is 0 Å². The van der Waals surface area contributed by atoms with Gasteiger partial charge in [0.15, 0.2) is 0 Å². The summed E-state index contributed by atoms with van der Waals surface area (Å²) in [6, 6.07) is 11.3. The van der Waals surface area contributed by atoms with Crippen molar-refractivity contribution in [3.63, 3.8) is 0 Å². The van der Waals surface area contributed by atoms with Gasteiger partial charge in [-0.25, -0.2) is 4.39 Å². The first-order chi connectivity index (χ1) is 11.0. The fourth-order valence-corrected chi connectivity index (χ4v) is 2.28. The van der Waals surface area contributed by atoms with E-state index in [0.717, 1.165) is 5.56 Å². The Kier molecular flexibility index (Phi) is 6.12. The molecule has 0 atom stereocenters. The molecule has 0 aliphatic heterocycles. The van der Waals surface area contributed by atoms with Crippen molar-refractivity contribution in [2.75, 3.05) is 11.9 Å². The molecule has 2 N–H and O–H groups in total. The summed E-state index contributed by atoms with van der Waals surface area (Å²) >= 11 is 8.89. The van der Waals surface area contributed by atoms with E-state index < -0.39 is 17.6 Å². The molecular weight excluding hydrogens is 387 g/mol. The second-order valence-corrected chi connectivity index (χ2v) is 6.06. The average molecular weight is 400 g/mol. The SMILES string of the molecule is O=C(NCCc1ccc(Cl)cc1)C(=O)Nc1ccc(Br)cc1F. The van der Waals surface area contributed by atoms with Crippen LogP contribution in [0.5, 0.6) is 0 Å². The highest BCUT2D eigenvalue weighted by Crippen LogP contribution is 2.19. The van der Waals surface area contributed by atoms with Gasteiger partial charge in [0, 0.05) is 16.0 Å². The first kappa shape index (κ1) is 17.4. The molecule has 0 aliphatic rings. The molecule has 0 radical (unpaired) electrons. The molecule has 0 spiro atoms. The van der Waals surface area contributed by atoms with Crippen molar-refractivity contribution in [3.05, 3.63) is 63.3 Å². The highest BCUT2D eigenvalue weighted by molar-refractivity contribution is 9.10. The predicted molar refractivity (Wildman–Crippen MR) is 90.9 cm³/mol. The Morgan fingerprint density at radius 3 is 2.43 bits per heavy atom. The number of hydrogen-bond acceptors (Lipinski definition) is 2. The first-order valence-corrected chi connectivity index (χ1v) is 7.91. The standard InChI is InChI=1S/C16H13BrClFN2O2/c17-11-3-6-14(13(19)9-11)21-16(23)15(22)20-8-7-10-1-4-12(18)5-2-10/h1-6,9H,7-8H2,(H,20,22)(H,21,23). The van der Waals surface area contributed by atoms with Gasteiger partial charge in [-0.05, 0) is 42.3 Å². The Labute approximate surface area is 146 Å².